The van der Waals surface area contributed by atoms with E-state index in [4.69, 9.17) is 0 Å². The van der Waals surface area contributed by atoms with E-state index < -0.39 is 0 Å². The van der Waals surface area contributed by atoms with Gasteiger partial charge in [0.25, 0.3) is 0 Å². The van der Waals surface area contributed by atoms with Gasteiger partial charge >= 0.3 is 0 Å². The van der Waals surface area contributed by atoms with Gasteiger partial charge in [-0.05, 0) is 11.1 Å². The second-order valence-electron chi connectivity index (χ2n) is 4.09. The molecule has 17 heavy (non-hydrogen) atoms. The van der Waals surface area contributed by atoms with Crippen molar-refractivity contribution in [2.75, 3.05) is 0 Å². The third kappa shape index (κ3) is 5.35. The van der Waals surface area contributed by atoms with Gasteiger partial charge in [0, 0.05) is 0 Å². The highest BCUT2D eigenvalue weighted by Gasteiger charge is 1.91. The van der Waals surface area contributed by atoms with Crippen molar-refractivity contribution in [3.05, 3.63) is 60.7 Å². The molecule has 0 aliphatic heterocycles. The van der Waals surface area contributed by atoms with E-state index in [0.717, 1.165) is 0 Å². The van der Waals surface area contributed by atoms with Gasteiger partial charge in [-0.15, -0.1) is 0 Å². The summed E-state index contributed by atoms with van der Waals surface area (Å²) >= 11 is 0. The fraction of sp³-hybridized carbons (Fsp3) is 0.294. The Bertz CT molecular complexity index is 336. The summed E-state index contributed by atoms with van der Waals surface area (Å²) in [7, 11) is 0. The minimum absolute atomic E-state index is 1.28. The molecule has 0 heteroatoms. The maximum absolute atomic E-state index is 2.21. The highest BCUT2D eigenvalue weighted by atomic mass is 14.0. The number of benzene rings is 2. The molecule has 0 aliphatic carbocycles. The van der Waals surface area contributed by atoms with Crippen LogP contribution in [0.15, 0.2) is 60.7 Å². The van der Waals surface area contributed by atoms with Gasteiger partial charge in [0.05, 0.1) is 0 Å². The van der Waals surface area contributed by atoms with Crippen molar-refractivity contribution in [3.63, 3.8) is 0 Å². The molecular weight excluding hydrogens is 204 g/mol. The summed E-state index contributed by atoms with van der Waals surface area (Å²) in [5, 5.41) is 0. The summed E-state index contributed by atoms with van der Waals surface area (Å²) in [6.07, 6.45) is 4.08. The van der Waals surface area contributed by atoms with E-state index in [1.807, 2.05) is 12.1 Å². The molecule has 0 nitrogen and oxygen atoms in total. The first kappa shape index (κ1) is 13.5. The molecule has 90 valence electrons. The maximum Gasteiger partial charge on any atom is -0.0184 e. The lowest BCUT2D eigenvalue weighted by atomic mass is 10.1. The minimum atomic E-state index is 1.28. The molecule has 0 radical (unpaired) electrons. The first-order valence-corrected chi connectivity index (χ1v) is 6.49. The number of unbranched alkanes of at least 4 members (excludes halogenated alkanes) is 2. The molecule has 2 aromatic rings. The molecule has 0 spiro atoms. The standard InChI is InChI=1S/C12H10.C5H12/c1-3-7-11(8-4-1)12-9-5-2-6-10-12;1-3-5-4-2/h1-10H;3-5H2,1-2H3. The first-order valence-electron chi connectivity index (χ1n) is 6.49. The van der Waals surface area contributed by atoms with Crippen LogP contribution in [-0.4, -0.2) is 0 Å². The Morgan fingerprint density at radius 3 is 1.18 bits per heavy atom. The van der Waals surface area contributed by atoms with E-state index in [0.29, 0.717) is 0 Å². The third-order valence-corrected chi connectivity index (χ3v) is 2.59. The largest absolute Gasteiger partial charge is 0.0654 e. The molecule has 2 aromatic carbocycles. The molecule has 0 heterocycles. The quantitative estimate of drug-likeness (QED) is 0.643. The van der Waals surface area contributed by atoms with Crippen LogP contribution in [0.4, 0.5) is 0 Å². The summed E-state index contributed by atoms with van der Waals surface area (Å²) in [5.41, 5.74) is 2.55. The van der Waals surface area contributed by atoms with Crippen molar-refractivity contribution >= 4 is 0 Å². The van der Waals surface area contributed by atoms with E-state index in [1.54, 1.807) is 0 Å². The average molecular weight is 226 g/mol. The summed E-state index contributed by atoms with van der Waals surface area (Å²) in [6, 6.07) is 20.8. The van der Waals surface area contributed by atoms with Crippen molar-refractivity contribution in [2.24, 2.45) is 0 Å². The number of hydrogen-bond donors (Lipinski definition) is 0. The normalized spacial score (nSPS) is 9.29. The van der Waals surface area contributed by atoms with Crippen LogP contribution in [0.2, 0.25) is 0 Å². The fourth-order valence-corrected chi connectivity index (χ4v) is 1.61. The molecule has 0 unspecified atom stereocenters. The monoisotopic (exact) mass is 226 g/mol. The van der Waals surface area contributed by atoms with Gasteiger partial charge < -0.3 is 0 Å². The van der Waals surface area contributed by atoms with Crippen LogP contribution in [0.3, 0.4) is 0 Å². The molecule has 0 bridgehead atoms. The third-order valence-electron chi connectivity index (χ3n) is 2.59. The van der Waals surface area contributed by atoms with Gasteiger partial charge in [0.15, 0.2) is 0 Å². The molecule has 0 amide bonds. The van der Waals surface area contributed by atoms with E-state index in [2.05, 4.69) is 62.4 Å². The lowest BCUT2D eigenvalue weighted by Crippen LogP contribution is -1.73. The van der Waals surface area contributed by atoms with Crippen LogP contribution in [0.25, 0.3) is 11.1 Å². The highest BCUT2D eigenvalue weighted by molar-refractivity contribution is 5.62. The molecular formula is C17H22. The van der Waals surface area contributed by atoms with Gasteiger partial charge in [-0.3, -0.25) is 0 Å². The molecule has 0 saturated carbocycles. The summed E-state index contributed by atoms with van der Waals surface area (Å²) in [6.45, 7) is 4.42. The Morgan fingerprint density at radius 1 is 0.588 bits per heavy atom. The first-order chi connectivity index (χ1) is 8.38. The van der Waals surface area contributed by atoms with E-state index in [-0.39, 0.29) is 0 Å². The molecule has 2 rings (SSSR count). The van der Waals surface area contributed by atoms with E-state index in [9.17, 15) is 0 Å². The molecule has 0 saturated heterocycles. The zero-order valence-corrected chi connectivity index (χ0v) is 10.9. The second kappa shape index (κ2) is 8.58. The van der Waals surface area contributed by atoms with Gasteiger partial charge in [-0.25, -0.2) is 0 Å². The zero-order valence-electron chi connectivity index (χ0n) is 10.9. The molecule has 0 N–H and O–H groups in total. The van der Waals surface area contributed by atoms with Crippen molar-refractivity contribution in [1.82, 2.24) is 0 Å². The minimum Gasteiger partial charge on any atom is -0.0654 e. The van der Waals surface area contributed by atoms with Gasteiger partial charge in [-0.1, -0.05) is 93.8 Å². The fourth-order valence-electron chi connectivity index (χ4n) is 1.61. The van der Waals surface area contributed by atoms with Crippen LogP contribution in [0.1, 0.15) is 33.1 Å². The zero-order chi connectivity index (χ0) is 12.3. The Hall–Kier alpha value is -1.56. The van der Waals surface area contributed by atoms with Crippen LogP contribution in [0.5, 0.6) is 0 Å². The summed E-state index contributed by atoms with van der Waals surface area (Å²) in [5.74, 6) is 0. The highest BCUT2D eigenvalue weighted by Crippen LogP contribution is 2.17. The smallest absolute Gasteiger partial charge is 0.0184 e. The Labute approximate surface area is 105 Å². The number of hydrogen-bond acceptors (Lipinski definition) is 0. The Morgan fingerprint density at radius 2 is 0.941 bits per heavy atom. The SMILES string of the molecule is CCCCC.c1ccc(-c2ccccc2)cc1. The van der Waals surface area contributed by atoms with Crippen LogP contribution < -0.4 is 0 Å². The molecule has 0 aromatic heterocycles. The Balaban J connectivity index is 0.000000249. The van der Waals surface area contributed by atoms with Crippen molar-refractivity contribution < 1.29 is 0 Å². The van der Waals surface area contributed by atoms with Gasteiger partial charge in [0.2, 0.25) is 0 Å². The van der Waals surface area contributed by atoms with E-state index >= 15 is 0 Å². The predicted molar refractivity (Wildman–Crippen MR) is 77.1 cm³/mol. The number of rotatable bonds is 3. The molecule has 0 aliphatic rings. The van der Waals surface area contributed by atoms with Crippen molar-refractivity contribution in [3.8, 4) is 11.1 Å². The second-order valence-corrected chi connectivity index (χ2v) is 4.09. The van der Waals surface area contributed by atoms with Crippen LogP contribution >= 0.6 is 0 Å². The van der Waals surface area contributed by atoms with Crippen LogP contribution in [-0.2, 0) is 0 Å². The molecule has 0 atom stereocenters. The average Bonchev–Trinajstić information content (AvgIpc) is 2.42. The summed E-state index contributed by atoms with van der Waals surface area (Å²) < 4.78 is 0. The lowest BCUT2D eigenvalue weighted by molar-refractivity contribution is 0.772. The van der Waals surface area contributed by atoms with Crippen LogP contribution in [0, 0.1) is 0 Å². The summed E-state index contributed by atoms with van der Waals surface area (Å²) in [4.78, 5) is 0. The van der Waals surface area contributed by atoms with Gasteiger partial charge in [-0.2, -0.15) is 0 Å². The maximum atomic E-state index is 2.21. The topological polar surface area (TPSA) is 0 Å². The van der Waals surface area contributed by atoms with Crippen molar-refractivity contribution in [1.29, 1.82) is 0 Å². The van der Waals surface area contributed by atoms with Gasteiger partial charge in [0.1, 0.15) is 0 Å². The lowest BCUT2D eigenvalue weighted by Gasteiger charge is -1.98. The predicted octanol–water partition coefficient (Wildman–Crippen LogP) is 5.55. The van der Waals surface area contributed by atoms with Crippen molar-refractivity contribution in [2.45, 2.75) is 33.1 Å². The van der Waals surface area contributed by atoms with E-state index in [1.165, 1.54) is 30.4 Å². The Kier molecular flexibility index (Phi) is 6.81. The molecule has 0 fully saturated rings.